The molecule has 9 nitrogen and oxygen atoms in total. The van der Waals surface area contributed by atoms with Gasteiger partial charge in [0, 0.05) is 0 Å². The van der Waals surface area contributed by atoms with Crippen molar-refractivity contribution in [2.45, 2.75) is 51.7 Å². The number of nitrogens with zero attached hydrogens (tertiary/aromatic N) is 2. The van der Waals surface area contributed by atoms with Gasteiger partial charge in [-0.1, -0.05) is 20.3 Å². The molecule has 1 aromatic heterocycles. The summed E-state index contributed by atoms with van der Waals surface area (Å²) in [5.41, 5.74) is -0.955. The van der Waals surface area contributed by atoms with E-state index >= 15 is 0 Å². The van der Waals surface area contributed by atoms with E-state index in [4.69, 9.17) is 9.47 Å². The first-order valence-corrected chi connectivity index (χ1v) is 7.98. The van der Waals surface area contributed by atoms with Crippen LogP contribution in [0.5, 0.6) is 0 Å². The predicted molar refractivity (Wildman–Crippen MR) is 84.5 cm³/mol. The fourth-order valence-electron chi connectivity index (χ4n) is 2.24. The van der Waals surface area contributed by atoms with Gasteiger partial charge < -0.3 is 19.7 Å². The minimum atomic E-state index is -1.41. The number of hydrogen-bond acceptors (Lipinski definition) is 7. The highest BCUT2D eigenvalue weighted by atomic mass is 19.1. The van der Waals surface area contributed by atoms with E-state index in [0.29, 0.717) is 0 Å². The average molecular weight is 359 g/mol. The van der Waals surface area contributed by atoms with Crippen molar-refractivity contribution >= 4 is 11.9 Å². The number of rotatable bonds is 5. The Balaban J connectivity index is 2.12. The molecule has 25 heavy (non-hydrogen) atoms. The van der Waals surface area contributed by atoms with Gasteiger partial charge in [0.1, 0.15) is 12.2 Å². The number of halogens is 1. The van der Waals surface area contributed by atoms with Crippen molar-refractivity contribution < 1.29 is 28.9 Å². The lowest BCUT2D eigenvalue weighted by molar-refractivity contribution is -0.0355. The zero-order valence-electron chi connectivity index (χ0n) is 14.2. The van der Waals surface area contributed by atoms with Gasteiger partial charge in [0.15, 0.2) is 17.9 Å². The average Bonchev–Trinajstić information content (AvgIpc) is 2.83. The molecular weight excluding hydrogens is 337 g/mol. The largest absolute Gasteiger partial charge is 0.449 e. The molecule has 1 fully saturated rings. The highest BCUT2D eigenvalue weighted by Crippen LogP contribution is 2.28. The van der Waals surface area contributed by atoms with Gasteiger partial charge in [0.2, 0.25) is 0 Å². The van der Waals surface area contributed by atoms with E-state index in [2.05, 4.69) is 10.3 Å². The van der Waals surface area contributed by atoms with Crippen LogP contribution in [0.3, 0.4) is 0 Å². The molecule has 1 aliphatic heterocycles. The van der Waals surface area contributed by atoms with Crippen LogP contribution in [0.2, 0.25) is 0 Å². The lowest BCUT2D eigenvalue weighted by atomic mass is 10.1. The molecule has 0 bridgehead atoms. The van der Waals surface area contributed by atoms with Crippen LogP contribution in [0.4, 0.5) is 15.0 Å². The van der Waals surface area contributed by atoms with Crippen LogP contribution in [0, 0.1) is 11.7 Å². The first kappa shape index (κ1) is 19.3. The van der Waals surface area contributed by atoms with Gasteiger partial charge in [-0.15, -0.1) is 0 Å². The SMILES string of the molecule is CC[C@@H](C)COC(=O)Nc1nc(=O)n([C@@H]2O[C@H](C)[C@H](O)[C@@H]2O)cc1F. The molecule has 0 spiro atoms. The van der Waals surface area contributed by atoms with Crippen molar-refractivity contribution in [1.29, 1.82) is 0 Å². The number of carbonyl (C=O) groups excluding carboxylic acids is 1. The molecule has 0 aliphatic carbocycles. The van der Waals surface area contributed by atoms with Crippen molar-refractivity contribution in [3.8, 4) is 0 Å². The van der Waals surface area contributed by atoms with Crippen LogP contribution in [-0.4, -0.2) is 50.8 Å². The summed E-state index contributed by atoms with van der Waals surface area (Å²) in [7, 11) is 0. The summed E-state index contributed by atoms with van der Waals surface area (Å²) in [6, 6.07) is 0. The van der Waals surface area contributed by atoms with E-state index in [0.717, 1.165) is 17.2 Å². The minimum absolute atomic E-state index is 0.144. The summed E-state index contributed by atoms with van der Waals surface area (Å²) in [6.07, 6.45) is -4.00. The van der Waals surface area contributed by atoms with Crippen LogP contribution in [-0.2, 0) is 9.47 Å². The van der Waals surface area contributed by atoms with Gasteiger partial charge in [0.25, 0.3) is 0 Å². The second-order valence-electron chi connectivity index (χ2n) is 6.08. The summed E-state index contributed by atoms with van der Waals surface area (Å²) >= 11 is 0. The summed E-state index contributed by atoms with van der Waals surface area (Å²) in [6.45, 7) is 5.48. The molecule has 3 N–H and O–H groups in total. The quantitative estimate of drug-likeness (QED) is 0.704. The maximum absolute atomic E-state index is 14.1. The number of ether oxygens (including phenoxy) is 2. The lowest BCUT2D eigenvalue weighted by Gasteiger charge is -2.17. The Kier molecular flexibility index (Phi) is 6.09. The van der Waals surface area contributed by atoms with E-state index in [-0.39, 0.29) is 12.5 Å². The van der Waals surface area contributed by atoms with Crippen molar-refractivity contribution in [3.63, 3.8) is 0 Å². The van der Waals surface area contributed by atoms with Gasteiger partial charge >= 0.3 is 11.8 Å². The number of aliphatic hydroxyl groups is 2. The standard InChI is InChI=1S/C15H22FN3O6/c1-4-7(2)6-24-15(23)18-12-9(16)5-19(14(22)17-12)13-11(21)10(20)8(3)25-13/h5,7-8,10-11,13,20-21H,4,6H2,1-3H3,(H,17,18,22,23)/t7-,8-,10+,11+,13-/m1/s1. The number of aliphatic hydroxyl groups excluding tert-OH is 2. The zero-order chi connectivity index (χ0) is 18.7. The molecule has 10 heteroatoms. The number of anilines is 1. The molecule has 2 rings (SSSR count). The van der Waals surface area contributed by atoms with E-state index in [1.807, 2.05) is 13.8 Å². The van der Waals surface area contributed by atoms with E-state index in [1.165, 1.54) is 6.92 Å². The van der Waals surface area contributed by atoms with Crippen molar-refractivity contribution in [2.24, 2.45) is 5.92 Å². The lowest BCUT2D eigenvalue weighted by Crippen LogP contribution is -2.36. The molecule has 0 unspecified atom stereocenters. The third-order valence-electron chi connectivity index (χ3n) is 4.07. The van der Waals surface area contributed by atoms with Crippen LogP contribution in [0.15, 0.2) is 11.0 Å². The first-order valence-electron chi connectivity index (χ1n) is 7.98. The van der Waals surface area contributed by atoms with Crippen LogP contribution >= 0.6 is 0 Å². The Morgan fingerprint density at radius 3 is 2.76 bits per heavy atom. The summed E-state index contributed by atoms with van der Waals surface area (Å²) < 4.78 is 25.0. The Morgan fingerprint density at radius 1 is 1.52 bits per heavy atom. The molecule has 1 aromatic rings. The molecule has 1 amide bonds. The topological polar surface area (TPSA) is 123 Å². The van der Waals surface area contributed by atoms with Crippen LogP contribution < -0.4 is 11.0 Å². The van der Waals surface area contributed by atoms with Crippen molar-refractivity contribution in [3.05, 3.63) is 22.5 Å². The Hall–Kier alpha value is -2.04. The van der Waals surface area contributed by atoms with Gasteiger partial charge in [-0.2, -0.15) is 4.98 Å². The highest BCUT2D eigenvalue weighted by Gasteiger charge is 2.42. The van der Waals surface area contributed by atoms with E-state index < -0.39 is 48.0 Å². The second kappa shape index (κ2) is 7.89. The number of nitrogens with one attached hydrogen (secondary N) is 1. The molecule has 140 valence electrons. The molecule has 0 aromatic carbocycles. The Morgan fingerprint density at radius 2 is 2.20 bits per heavy atom. The number of hydrogen-bond donors (Lipinski definition) is 3. The zero-order valence-corrected chi connectivity index (χ0v) is 14.2. The predicted octanol–water partition coefficient (Wildman–Crippen LogP) is 0.616. The van der Waals surface area contributed by atoms with Gasteiger partial charge in [-0.3, -0.25) is 9.88 Å². The Labute approximate surface area is 143 Å². The monoisotopic (exact) mass is 359 g/mol. The van der Waals surface area contributed by atoms with Gasteiger partial charge in [-0.25, -0.2) is 14.0 Å². The fraction of sp³-hybridized carbons (Fsp3) is 0.667. The van der Waals surface area contributed by atoms with Crippen molar-refractivity contribution in [2.75, 3.05) is 11.9 Å². The smallest absolute Gasteiger partial charge is 0.412 e. The molecule has 1 saturated heterocycles. The minimum Gasteiger partial charge on any atom is -0.449 e. The third-order valence-corrected chi connectivity index (χ3v) is 4.07. The number of amides is 1. The van der Waals surface area contributed by atoms with E-state index in [9.17, 15) is 24.2 Å². The Bertz CT molecular complexity index is 682. The number of carbonyl (C=O) groups is 1. The molecule has 0 saturated carbocycles. The van der Waals surface area contributed by atoms with Crippen LogP contribution in [0.1, 0.15) is 33.4 Å². The second-order valence-corrected chi connectivity index (χ2v) is 6.08. The highest BCUT2D eigenvalue weighted by molar-refractivity contribution is 5.83. The molecule has 1 aliphatic rings. The van der Waals surface area contributed by atoms with E-state index in [1.54, 1.807) is 0 Å². The molecule has 0 radical (unpaired) electrons. The molecule has 2 heterocycles. The van der Waals surface area contributed by atoms with Crippen molar-refractivity contribution in [1.82, 2.24) is 9.55 Å². The summed E-state index contributed by atoms with van der Waals surface area (Å²) in [4.78, 5) is 27.1. The maximum atomic E-state index is 14.1. The van der Waals surface area contributed by atoms with Gasteiger partial charge in [-0.05, 0) is 12.8 Å². The van der Waals surface area contributed by atoms with Gasteiger partial charge in [0.05, 0.1) is 18.9 Å². The third kappa shape index (κ3) is 4.33. The maximum Gasteiger partial charge on any atom is 0.412 e. The first-order chi connectivity index (χ1) is 11.7. The normalized spacial score (nSPS) is 27.1. The summed E-state index contributed by atoms with van der Waals surface area (Å²) in [5.74, 6) is -1.45. The summed E-state index contributed by atoms with van der Waals surface area (Å²) in [5, 5.41) is 21.6. The fourth-order valence-corrected chi connectivity index (χ4v) is 2.24. The number of aromatic nitrogens is 2. The molecular formula is C15H22FN3O6. The molecule has 5 atom stereocenters. The van der Waals surface area contributed by atoms with Crippen LogP contribution in [0.25, 0.3) is 0 Å².